The van der Waals surface area contributed by atoms with Crippen molar-refractivity contribution in [1.29, 1.82) is 0 Å². The number of hydrogen-bond donors (Lipinski definition) is 1. The van der Waals surface area contributed by atoms with Gasteiger partial charge in [0.15, 0.2) is 5.65 Å². The Labute approximate surface area is 125 Å². The van der Waals surface area contributed by atoms with Gasteiger partial charge in [-0.2, -0.15) is 4.98 Å². The van der Waals surface area contributed by atoms with Crippen LogP contribution in [-0.2, 0) is 0 Å². The van der Waals surface area contributed by atoms with E-state index in [-0.39, 0.29) is 5.54 Å². The molecule has 112 valence electrons. The summed E-state index contributed by atoms with van der Waals surface area (Å²) in [6.45, 7) is 5.20. The first-order valence-electron chi connectivity index (χ1n) is 8.08. The minimum absolute atomic E-state index is 0.233. The van der Waals surface area contributed by atoms with Crippen LogP contribution in [0.4, 0.5) is 5.95 Å². The minimum Gasteiger partial charge on any atom is -0.331 e. The summed E-state index contributed by atoms with van der Waals surface area (Å²) in [5, 5.41) is 8.31. The largest absolute Gasteiger partial charge is 0.331 e. The molecule has 2 fully saturated rings. The summed E-state index contributed by atoms with van der Waals surface area (Å²) < 4.78 is 1.90. The number of piperazine rings is 1. The highest BCUT2D eigenvalue weighted by Crippen LogP contribution is 2.36. The Hall–Kier alpha value is -1.62. The zero-order valence-corrected chi connectivity index (χ0v) is 12.7. The van der Waals surface area contributed by atoms with E-state index in [1.165, 1.54) is 37.7 Å². The van der Waals surface area contributed by atoms with Crippen molar-refractivity contribution in [2.75, 3.05) is 24.5 Å². The molecule has 1 saturated carbocycles. The van der Waals surface area contributed by atoms with Gasteiger partial charge in [0.25, 0.3) is 0 Å². The van der Waals surface area contributed by atoms with Crippen LogP contribution in [0.1, 0.15) is 37.7 Å². The lowest BCUT2D eigenvalue weighted by Crippen LogP contribution is -2.62. The number of nitrogens with one attached hydrogen (secondary N) is 1. The summed E-state index contributed by atoms with van der Waals surface area (Å²) in [4.78, 5) is 7.27. The van der Waals surface area contributed by atoms with Gasteiger partial charge in [0.2, 0.25) is 5.95 Å². The third-order valence-electron chi connectivity index (χ3n) is 5.05. The Morgan fingerprint density at radius 3 is 2.95 bits per heavy atom. The second kappa shape index (κ2) is 4.98. The molecule has 1 aliphatic heterocycles. The predicted molar refractivity (Wildman–Crippen MR) is 83.8 cm³/mol. The minimum atomic E-state index is 0.233. The molecule has 2 aromatic rings. The Bertz CT molecular complexity index is 633. The molecule has 2 aliphatic rings. The normalized spacial score (nSPS) is 22.0. The summed E-state index contributed by atoms with van der Waals surface area (Å²) in [6, 6.07) is 4.19. The molecular weight excluding hydrogens is 262 g/mol. The van der Waals surface area contributed by atoms with Crippen molar-refractivity contribution in [3.63, 3.8) is 0 Å². The molecule has 5 heteroatoms. The van der Waals surface area contributed by atoms with Crippen LogP contribution in [0.25, 0.3) is 5.65 Å². The molecule has 0 atom stereocenters. The summed E-state index contributed by atoms with van der Waals surface area (Å²) in [5.74, 6) is 0.906. The summed E-state index contributed by atoms with van der Waals surface area (Å²) in [6.07, 6.45) is 8.54. The summed E-state index contributed by atoms with van der Waals surface area (Å²) in [5.41, 5.74) is 2.42. The van der Waals surface area contributed by atoms with Crippen LogP contribution >= 0.6 is 0 Å². The zero-order valence-electron chi connectivity index (χ0n) is 12.7. The Morgan fingerprint density at radius 2 is 2.10 bits per heavy atom. The molecule has 0 radical (unpaired) electrons. The van der Waals surface area contributed by atoms with Crippen molar-refractivity contribution in [2.24, 2.45) is 0 Å². The molecule has 0 aromatic carbocycles. The van der Waals surface area contributed by atoms with Crippen molar-refractivity contribution in [3.05, 3.63) is 23.9 Å². The molecular formula is C16H23N5. The third-order valence-corrected chi connectivity index (χ3v) is 5.05. The van der Waals surface area contributed by atoms with E-state index in [4.69, 9.17) is 10.1 Å². The maximum Gasteiger partial charge on any atom is 0.246 e. The molecule has 2 aromatic heterocycles. The average Bonchev–Trinajstić information content (AvgIpc) is 2.91. The van der Waals surface area contributed by atoms with Gasteiger partial charge in [-0.1, -0.05) is 19.3 Å². The van der Waals surface area contributed by atoms with Crippen LogP contribution in [-0.4, -0.2) is 39.8 Å². The van der Waals surface area contributed by atoms with E-state index in [0.717, 1.165) is 31.2 Å². The number of hydrogen-bond acceptors (Lipinski definition) is 4. The van der Waals surface area contributed by atoms with Gasteiger partial charge in [0.1, 0.15) is 0 Å². The molecule has 0 bridgehead atoms. The second-order valence-corrected chi connectivity index (χ2v) is 6.53. The lowest BCUT2D eigenvalue weighted by atomic mass is 9.79. The van der Waals surface area contributed by atoms with E-state index in [1.807, 2.05) is 10.7 Å². The van der Waals surface area contributed by atoms with Gasteiger partial charge in [0.05, 0.1) is 5.54 Å². The smallest absolute Gasteiger partial charge is 0.246 e. The van der Waals surface area contributed by atoms with Crippen molar-refractivity contribution in [1.82, 2.24) is 19.9 Å². The van der Waals surface area contributed by atoms with Gasteiger partial charge in [-0.3, -0.25) is 0 Å². The van der Waals surface area contributed by atoms with Crippen LogP contribution in [0.3, 0.4) is 0 Å². The van der Waals surface area contributed by atoms with Gasteiger partial charge < -0.3 is 10.2 Å². The van der Waals surface area contributed by atoms with Crippen molar-refractivity contribution in [3.8, 4) is 0 Å². The number of fused-ring (bicyclic) bond motifs is 1. The quantitative estimate of drug-likeness (QED) is 0.872. The fourth-order valence-electron chi connectivity index (χ4n) is 3.90. The third kappa shape index (κ3) is 2.20. The standard InChI is InChI=1S/C16H23N5/c1-13-5-9-21-14(11-13)18-15(19-21)20-10-8-17-12-16(20)6-3-2-4-7-16/h5,9,11,17H,2-4,6-8,10,12H2,1H3. The maximum absolute atomic E-state index is 4.80. The van der Waals surface area contributed by atoms with Crippen LogP contribution in [0, 0.1) is 6.92 Å². The molecule has 4 rings (SSSR count). The van der Waals surface area contributed by atoms with Gasteiger partial charge in [0, 0.05) is 25.8 Å². The topological polar surface area (TPSA) is 45.5 Å². The van der Waals surface area contributed by atoms with Gasteiger partial charge in [-0.25, -0.2) is 4.52 Å². The molecule has 0 amide bonds. The molecule has 1 saturated heterocycles. The molecule has 3 heterocycles. The summed E-state index contributed by atoms with van der Waals surface area (Å²) in [7, 11) is 0. The predicted octanol–water partition coefficient (Wildman–Crippen LogP) is 2.15. The maximum atomic E-state index is 4.80. The van der Waals surface area contributed by atoms with Crippen LogP contribution < -0.4 is 10.2 Å². The molecule has 1 spiro atoms. The number of pyridine rings is 1. The number of aromatic nitrogens is 3. The van der Waals surface area contributed by atoms with Crippen molar-refractivity contribution >= 4 is 11.6 Å². The van der Waals surface area contributed by atoms with Crippen LogP contribution in [0.15, 0.2) is 18.3 Å². The number of rotatable bonds is 1. The van der Waals surface area contributed by atoms with Gasteiger partial charge in [-0.15, -0.1) is 5.10 Å². The highest BCUT2D eigenvalue weighted by Gasteiger charge is 2.41. The van der Waals surface area contributed by atoms with Gasteiger partial charge >= 0.3 is 0 Å². The lowest BCUT2D eigenvalue weighted by molar-refractivity contribution is 0.238. The zero-order chi connectivity index (χ0) is 14.3. The van der Waals surface area contributed by atoms with Crippen LogP contribution in [0.5, 0.6) is 0 Å². The van der Waals surface area contributed by atoms with Crippen LogP contribution in [0.2, 0.25) is 0 Å². The van der Waals surface area contributed by atoms with E-state index < -0.39 is 0 Å². The number of nitrogens with zero attached hydrogens (tertiary/aromatic N) is 4. The van der Waals surface area contributed by atoms with Crippen molar-refractivity contribution in [2.45, 2.75) is 44.6 Å². The van der Waals surface area contributed by atoms with Crippen molar-refractivity contribution < 1.29 is 0 Å². The van der Waals surface area contributed by atoms with E-state index in [2.05, 4.69) is 29.3 Å². The molecule has 1 N–H and O–H groups in total. The number of anilines is 1. The highest BCUT2D eigenvalue weighted by atomic mass is 15.4. The first-order chi connectivity index (χ1) is 10.3. The lowest BCUT2D eigenvalue weighted by Gasteiger charge is -2.49. The molecule has 0 unspecified atom stereocenters. The second-order valence-electron chi connectivity index (χ2n) is 6.53. The molecule has 5 nitrogen and oxygen atoms in total. The SMILES string of the molecule is Cc1ccn2nc(N3CCNCC34CCCCC4)nc2c1. The van der Waals surface area contributed by atoms with Gasteiger partial charge in [-0.05, 0) is 37.5 Å². The summed E-state index contributed by atoms with van der Waals surface area (Å²) >= 11 is 0. The van der Waals surface area contributed by atoms with E-state index in [1.54, 1.807) is 0 Å². The Balaban J connectivity index is 1.74. The fourth-order valence-corrected chi connectivity index (χ4v) is 3.90. The highest BCUT2D eigenvalue weighted by molar-refractivity contribution is 5.48. The monoisotopic (exact) mass is 285 g/mol. The molecule has 1 aliphatic carbocycles. The number of aryl methyl sites for hydroxylation is 1. The molecule has 21 heavy (non-hydrogen) atoms. The average molecular weight is 285 g/mol. The fraction of sp³-hybridized carbons (Fsp3) is 0.625. The van der Waals surface area contributed by atoms with E-state index >= 15 is 0 Å². The first-order valence-corrected chi connectivity index (χ1v) is 8.08. The Kier molecular flexibility index (Phi) is 3.10. The van der Waals surface area contributed by atoms with E-state index in [9.17, 15) is 0 Å². The first kappa shape index (κ1) is 13.1. The Morgan fingerprint density at radius 1 is 1.24 bits per heavy atom. The van der Waals surface area contributed by atoms with E-state index in [0.29, 0.717) is 0 Å².